The molecule has 192 valence electrons. The predicted molar refractivity (Wildman–Crippen MR) is 137 cm³/mol. The van der Waals surface area contributed by atoms with Crippen molar-refractivity contribution in [1.82, 2.24) is 25.0 Å². The van der Waals surface area contributed by atoms with E-state index in [-0.39, 0.29) is 18.0 Å². The molecule has 0 radical (unpaired) electrons. The third-order valence-corrected chi connectivity index (χ3v) is 7.74. The molecule has 0 bridgehead atoms. The minimum Gasteiger partial charge on any atom is -0.380 e. The van der Waals surface area contributed by atoms with Crippen LogP contribution < -0.4 is 10.6 Å². The normalized spacial score (nSPS) is 22.2. The van der Waals surface area contributed by atoms with Gasteiger partial charge in [0.15, 0.2) is 17.3 Å². The smallest absolute Gasteiger partial charge is 0.255 e. The molecule has 1 saturated heterocycles. The summed E-state index contributed by atoms with van der Waals surface area (Å²) in [5.74, 6) is -1.33. The fourth-order valence-corrected chi connectivity index (χ4v) is 5.26. The first-order valence-corrected chi connectivity index (χ1v) is 12.8. The molecule has 2 aromatic heterocycles. The Labute approximate surface area is 214 Å². The quantitative estimate of drug-likeness (QED) is 0.364. The number of hydrogen-bond acceptors (Lipinski definition) is 8. The molecule has 1 aromatic carbocycles. The van der Waals surface area contributed by atoms with Crippen LogP contribution in [0.15, 0.2) is 48.1 Å². The number of aliphatic hydroxyl groups excluding tert-OH is 2. The molecule has 1 aliphatic heterocycles. The fraction of sp³-hybridized carbons (Fsp3) is 0.440. The number of thiazole rings is 1. The van der Waals surface area contributed by atoms with Gasteiger partial charge in [0, 0.05) is 30.9 Å². The van der Waals surface area contributed by atoms with Crippen molar-refractivity contribution < 1.29 is 19.8 Å². The molecular formula is C25H32N6O4S. The summed E-state index contributed by atoms with van der Waals surface area (Å²) in [6.45, 7) is 5.71. The average molecular weight is 513 g/mol. The highest BCUT2D eigenvalue weighted by Gasteiger charge is 2.45. The Balaban J connectivity index is 1.42. The van der Waals surface area contributed by atoms with Gasteiger partial charge in [-0.3, -0.25) is 9.59 Å². The number of likely N-dealkylation sites (tertiary alicyclic amines) is 1. The van der Waals surface area contributed by atoms with Crippen molar-refractivity contribution in [3.8, 4) is 5.69 Å². The third-order valence-electron chi connectivity index (χ3n) is 6.87. The van der Waals surface area contributed by atoms with Gasteiger partial charge in [0.2, 0.25) is 0 Å². The molecule has 0 saturated carbocycles. The Morgan fingerprint density at radius 2 is 1.89 bits per heavy atom. The second kappa shape index (κ2) is 10.8. The predicted octanol–water partition coefficient (Wildman–Crippen LogP) is 2.27. The van der Waals surface area contributed by atoms with E-state index in [0.29, 0.717) is 6.42 Å². The highest BCUT2D eigenvalue weighted by atomic mass is 32.1. The number of amides is 2. The molecule has 3 heterocycles. The van der Waals surface area contributed by atoms with Gasteiger partial charge < -0.3 is 25.7 Å². The first-order chi connectivity index (χ1) is 17.2. The molecular weight excluding hydrogens is 480 g/mol. The summed E-state index contributed by atoms with van der Waals surface area (Å²) in [4.78, 5) is 32.1. The Morgan fingerprint density at radius 3 is 2.50 bits per heavy atom. The second-order valence-corrected chi connectivity index (χ2v) is 10.1. The summed E-state index contributed by atoms with van der Waals surface area (Å²) in [5.41, 5.74) is 2.40. The van der Waals surface area contributed by atoms with E-state index in [1.54, 1.807) is 29.7 Å². The maximum absolute atomic E-state index is 13.3. The van der Waals surface area contributed by atoms with Crippen LogP contribution in [0.3, 0.4) is 0 Å². The SMILES string of the molecule is CNc1nc([C@H]2CC(C)[C@H](C)N2C(=O)[C@H](O)[C@@H](O)C(=O)N[C@H](C)c2ccc(-n3cccn3)cc2)cs1. The lowest BCUT2D eigenvalue weighted by molar-refractivity contribution is -0.155. The molecule has 4 N–H and O–H groups in total. The van der Waals surface area contributed by atoms with Crippen molar-refractivity contribution in [2.24, 2.45) is 5.92 Å². The number of nitrogens with one attached hydrogen (secondary N) is 2. The van der Waals surface area contributed by atoms with E-state index in [1.165, 1.54) is 11.3 Å². The van der Waals surface area contributed by atoms with Crippen LogP contribution in [0.1, 0.15) is 50.5 Å². The van der Waals surface area contributed by atoms with E-state index in [2.05, 4.69) is 20.7 Å². The van der Waals surface area contributed by atoms with Crippen LogP contribution in [0, 0.1) is 5.92 Å². The zero-order valence-electron chi connectivity index (χ0n) is 20.7. The first kappa shape index (κ1) is 25.8. The van der Waals surface area contributed by atoms with E-state index in [4.69, 9.17) is 0 Å². The molecule has 0 aliphatic carbocycles. The summed E-state index contributed by atoms with van der Waals surface area (Å²) in [5, 5.41) is 33.8. The van der Waals surface area contributed by atoms with Crippen molar-refractivity contribution in [2.45, 2.75) is 57.5 Å². The summed E-state index contributed by atoms with van der Waals surface area (Å²) in [6, 6.07) is 8.29. The van der Waals surface area contributed by atoms with Crippen LogP contribution in [0.25, 0.3) is 5.69 Å². The lowest BCUT2D eigenvalue weighted by atomic mass is 10.0. The lowest BCUT2D eigenvalue weighted by Gasteiger charge is -2.31. The van der Waals surface area contributed by atoms with Crippen LogP contribution in [0.4, 0.5) is 5.13 Å². The van der Waals surface area contributed by atoms with Gasteiger partial charge in [-0.25, -0.2) is 9.67 Å². The van der Waals surface area contributed by atoms with E-state index in [9.17, 15) is 19.8 Å². The molecule has 36 heavy (non-hydrogen) atoms. The zero-order valence-corrected chi connectivity index (χ0v) is 21.5. The number of rotatable bonds is 8. The van der Waals surface area contributed by atoms with E-state index in [1.807, 2.05) is 55.8 Å². The van der Waals surface area contributed by atoms with E-state index >= 15 is 0 Å². The van der Waals surface area contributed by atoms with Gasteiger partial charge in [-0.1, -0.05) is 19.1 Å². The van der Waals surface area contributed by atoms with Gasteiger partial charge >= 0.3 is 0 Å². The van der Waals surface area contributed by atoms with Crippen LogP contribution in [-0.2, 0) is 9.59 Å². The standard InChI is InChI=1S/C25H32N6O4S/c1-14-12-20(19-13-36-25(26-4)29-19)31(16(14)3)24(35)22(33)21(32)23(34)28-15(2)17-6-8-18(9-7-17)30-11-5-10-27-30/h5-11,13-16,20-22,32-33H,12H2,1-4H3,(H,26,29)(H,28,34)/t14?,15-,16+,20-,21-,22-/m1/s1. The minimum atomic E-state index is -1.91. The molecule has 1 fully saturated rings. The Kier molecular flexibility index (Phi) is 7.72. The van der Waals surface area contributed by atoms with Crippen LogP contribution >= 0.6 is 11.3 Å². The highest BCUT2D eigenvalue weighted by molar-refractivity contribution is 7.13. The van der Waals surface area contributed by atoms with Crippen LogP contribution in [0.5, 0.6) is 0 Å². The Hall–Kier alpha value is -3.28. The van der Waals surface area contributed by atoms with Crippen LogP contribution in [0.2, 0.25) is 0 Å². The Morgan fingerprint density at radius 1 is 1.17 bits per heavy atom. The molecule has 2 amide bonds. The van der Waals surface area contributed by atoms with E-state index in [0.717, 1.165) is 22.1 Å². The van der Waals surface area contributed by atoms with Gasteiger partial charge in [0.25, 0.3) is 11.8 Å². The van der Waals surface area contributed by atoms with Crippen molar-refractivity contribution in [3.63, 3.8) is 0 Å². The Bertz CT molecular complexity index is 1180. The number of carbonyl (C=O) groups excluding carboxylic acids is 2. The second-order valence-electron chi connectivity index (χ2n) is 9.20. The summed E-state index contributed by atoms with van der Waals surface area (Å²) in [7, 11) is 1.78. The third kappa shape index (κ3) is 5.13. The van der Waals surface area contributed by atoms with Gasteiger partial charge in [0.1, 0.15) is 0 Å². The number of aromatic nitrogens is 3. The van der Waals surface area contributed by atoms with E-state index < -0.39 is 30.1 Å². The van der Waals surface area contributed by atoms with Crippen molar-refractivity contribution in [1.29, 1.82) is 0 Å². The average Bonchev–Trinajstić information content (AvgIpc) is 3.64. The minimum absolute atomic E-state index is 0.168. The first-order valence-electron chi connectivity index (χ1n) is 11.9. The highest BCUT2D eigenvalue weighted by Crippen LogP contribution is 2.41. The summed E-state index contributed by atoms with van der Waals surface area (Å²) < 4.78 is 1.72. The molecule has 0 spiro atoms. The number of nitrogens with zero attached hydrogens (tertiary/aromatic N) is 4. The number of carbonyl (C=O) groups is 2. The fourth-order valence-electron chi connectivity index (χ4n) is 4.54. The molecule has 3 aromatic rings. The monoisotopic (exact) mass is 512 g/mol. The summed E-state index contributed by atoms with van der Waals surface area (Å²) in [6.07, 6.45) is 0.399. The van der Waals surface area contributed by atoms with Crippen molar-refractivity contribution in [2.75, 3.05) is 12.4 Å². The molecule has 6 atom stereocenters. The number of aliphatic hydroxyl groups is 2. The maximum atomic E-state index is 13.3. The summed E-state index contributed by atoms with van der Waals surface area (Å²) >= 11 is 1.44. The molecule has 10 nitrogen and oxygen atoms in total. The topological polar surface area (TPSA) is 133 Å². The largest absolute Gasteiger partial charge is 0.380 e. The number of anilines is 1. The lowest BCUT2D eigenvalue weighted by Crippen LogP contribution is -2.52. The maximum Gasteiger partial charge on any atom is 0.255 e. The van der Waals surface area contributed by atoms with Gasteiger partial charge in [-0.15, -0.1) is 11.3 Å². The molecule has 11 heteroatoms. The molecule has 4 rings (SSSR count). The van der Waals surface area contributed by atoms with Crippen LogP contribution in [-0.4, -0.2) is 67.0 Å². The van der Waals surface area contributed by atoms with Crippen molar-refractivity contribution >= 4 is 28.3 Å². The zero-order chi connectivity index (χ0) is 26.0. The number of benzene rings is 1. The van der Waals surface area contributed by atoms with Gasteiger partial charge in [-0.2, -0.15) is 5.10 Å². The van der Waals surface area contributed by atoms with Crippen molar-refractivity contribution in [3.05, 3.63) is 59.4 Å². The molecule has 1 aliphatic rings. The number of hydrogen-bond donors (Lipinski definition) is 4. The van der Waals surface area contributed by atoms with Gasteiger partial charge in [-0.05, 0) is 49.9 Å². The molecule has 1 unspecified atom stereocenters. The van der Waals surface area contributed by atoms with Gasteiger partial charge in [0.05, 0.1) is 23.5 Å².